The van der Waals surface area contributed by atoms with Gasteiger partial charge in [0.1, 0.15) is 12.4 Å². The van der Waals surface area contributed by atoms with Gasteiger partial charge >= 0.3 is 0 Å². The minimum Gasteiger partial charge on any atom is -0.489 e. The Kier molecular flexibility index (Phi) is 8.75. The van der Waals surface area contributed by atoms with Crippen LogP contribution in [0.2, 0.25) is 0 Å². The Hall–Kier alpha value is -2.83. The van der Waals surface area contributed by atoms with Crippen LogP contribution in [0.3, 0.4) is 0 Å². The molecule has 2 aromatic carbocycles. The molecule has 1 fully saturated rings. The number of para-hydroxylation sites is 1. The second-order valence-corrected chi connectivity index (χ2v) is 7.09. The number of nitrogens with zero attached hydrogens (tertiary/aromatic N) is 2. The minimum atomic E-state index is 0.261. The Morgan fingerprint density at radius 3 is 2.60 bits per heavy atom. The molecular weight excluding hydrogens is 376 g/mol. The summed E-state index contributed by atoms with van der Waals surface area (Å²) >= 11 is 0. The zero-order chi connectivity index (χ0) is 21.0. The van der Waals surface area contributed by atoms with Gasteiger partial charge in [0.15, 0.2) is 5.96 Å². The third-order valence-corrected chi connectivity index (χ3v) is 5.13. The lowest BCUT2D eigenvalue weighted by Crippen LogP contribution is -2.46. The highest BCUT2D eigenvalue weighted by atomic mass is 16.5. The van der Waals surface area contributed by atoms with E-state index in [4.69, 9.17) is 9.47 Å². The van der Waals surface area contributed by atoms with Gasteiger partial charge in [0.2, 0.25) is 0 Å². The van der Waals surface area contributed by atoms with Crippen molar-refractivity contribution in [2.24, 2.45) is 4.99 Å². The van der Waals surface area contributed by atoms with Crippen LogP contribution in [-0.4, -0.2) is 57.4 Å². The highest BCUT2D eigenvalue weighted by molar-refractivity contribution is 5.79. The largest absolute Gasteiger partial charge is 0.489 e. The lowest BCUT2D eigenvalue weighted by Gasteiger charge is -2.35. The van der Waals surface area contributed by atoms with E-state index in [-0.39, 0.29) is 6.04 Å². The van der Waals surface area contributed by atoms with Gasteiger partial charge in [-0.15, -0.1) is 0 Å². The molecule has 0 aromatic heterocycles. The molecule has 30 heavy (non-hydrogen) atoms. The predicted molar refractivity (Wildman–Crippen MR) is 122 cm³/mol. The summed E-state index contributed by atoms with van der Waals surface area (Å²) in [7, 11) is 1.79. The van der Waals surface area contributed by atoms with Crippen molar-refractivity contribution >= 4 is 5.96 Å². The average molecular weight is 409 g/mol. The molecule has 0 spiro atoms. The molecule has 1 aliphatic heterocycles. The summed E-state index contributed by atoms with van der Waals surface area (Å²) in [6, 6.07) is 18.9. The highest BCUT2D eigenvalue weighted by Crippen LogP contribution is 2.21. The van der Waals surface area contributed by atoms with Crippen LogP contribution in [0.15, 0.2) is 72.2 Å². The van der Waals surface area contributed by atoms with Gasteiger partial charge in [-0.1, -0.05) is 61.2 Å². The van der Waals surface area contributed by atoms with E-state index >= 15 is 0 Å². The molecule has 0 bridgehead atoms. The van der Waals surface area contributed by atoms with Crippen LogP contribution in [-0.2, 0) is 11.3 Å². The van der Waals surface area contributed by atoms with Crippen LogP contribution in [0, 0.1) is 0 Å². The molecule has 0 radical (unpaired) electrons. The molecule has 6 nitrogen and oxygen atoms in total. The molecule has 6 heteroatoms. The van der Waals surface area contributed by atoms with E-state index < -0.39 is 0 Å². The number of hydrogen-bond acceptors (Lipinski definition) is 4. The van der Waals surface area contributed by atoms with E-state index in [0.717, 1.165) is 50.1 Å². The molecule has 3 rings (SSSR count). The van der Waals surface area contributed by atoms with Gasteiger partial charge in [0.05, 0.1) is 19.3 Å². The summed E-state index contributed by atoms with van der Waals surface area (Å²) < 4.78 is 11.3. The standard InChI is InChI=1S/C24H32N4O2/c1-3-15-30-23-12-8-7-11-21(23)18-26-24(25-2)27-19-22(20-9-5-4-6-10-20)28-13-16-29-17-14-28/h3-12,22H,1,13-19H2,2H3,(H2,25,26,27). The van der Waals surface area contributed by atoms with E-state index in [9.17, 15) is 0 Å². The number of morpholine rings is 1. The summed E-state index contributed by atoms with van der Waals surface area (Å²) in [6.45, 7) is 9.01. The Morgan fingerprint density at radius 2 is 1.87 bits per heavy atom. The summed E-state index contributed by atoms with van der Waals surface area (Å²) in [5.41, 5.74) is 2.38. The number of rotatable bonds is 9. The summed E-state index contributed by atoms with van der Waals surface area (Å²) in [4.78, 5) is 6.87. The van der Waals surface area contributed by atoms with Gasteiger partial charge in [-0.25, -0.2) is 0 Å². The minimum absolute atomic E-state index is 0.261. The molecule has 0 amide bonds. The Morgan fingerprint density at radius 1 is 1.13 bits per heavy atom. The first-order valence-electron chi connectivity index (χ1n) is 10.4. The normalized spacial score (nSPS) is 16.0. The van der Waals surface area contributed by atoms with Gasteiger partial charge in [0.25, 0.3) is 0 Å². The Balaban J connectivity index is 1.61. The van der Waals surface area contributed by atoms with Crippen LogP contribution in [0.5, 0.6) is 5.75 Å². The van der Waals surface area contributed by atoms with Crippen molar-refractivity contribution in [3.8, 4) is 5.75 Å². The zero-order valence-corrected chi connectivity index (χ0v) is 17.7. The van der Waals surface area contributed by atoms with Crippen LogP contribution in [0.25, 0.3) is 0 Å². The fourth-order valence-electron chi connectivity index (χ4n) is 3.55. The van der Waals surface area contributed by atoms with Crippen molar-refractivity contribution in [3.05, 3.63) is 78.4 Å². The van der Waals surface area contributed by atoms with Crippen molar-refractivity contribution in [2.75, 3.05) is 46.5 Å². The van der Waals surface area contributed by atoms with Crippen molar-refractivity contribution in [1.29, 1.82) is 0 Å². The maximum absolute atomic E-state index is 5.75. The summed E-state index contributed by atoms with van der Waals surface area (Å²) in [6.07, 6.45) is 1.75. The fraction of sp³-hybridized carbons (Fsp3) is 0.375. The molecular formula is C24H32N4O2. The maximum atomic E-state index is 5.75. The van der Waals surface area contributed by atoms with E-state index in [1.165, 1.54) is 5.56 Å². The monoisotopic (exact) mass is 408 g/mol. The van der Waals surface area contributed by atoms with Gasteiger partial charge in [-0.05, 0) is 11.6 Å². The number of guanidine groups is 1. The van der Waals surface area contributed by atoms with Crippen LogP contribution in [0.4, 0.5) is 0 Å². The molecule has 0 aliphatic carbocycles. The first-order valence-corrected chi connectivity index (χ1v) is 10.4. The summed E-state index contributed by atoms with van der Waals surface area (Å²) in [5, 5.41) is 6.90. The number of nitrogens with one attached hydrogen (secondary N) is 2. The molecule has 1 aliphatic rings. The first kappa shape index (κ1) is 21.9. The number of aliphatic imine (C=N–C) groups is 1. The van der Waals surface area contributed by atoms with Crippen LogP contribution >= 0.6 is 0 Å². The van der Waals surface area contributed by atoms with Crippen LogP contribution < -0.4 is 15.4 Å². The maximum Gasteiger partial charge on any atom is 0.191 e. The highest BCUT2D eigenvalue weighted by Gasteiger charge is 2.22. The predicted octanol–water partition coefficient (Wildman–Crippen LogP) is 2.99. The van der Waals surface area contributed by atoms with Gasteiger partial charge in [-0.3, -0.25) is 9.89 Å². The third kappa shape index (κ3) is 6.34. The molecule has 2 N–H and O–H groups in total. The second kappa shape index (κ2) is 12.0. The quantitative estimate of drug-likeness (QED) is 0.380. The molecule has 1 unspecified atom stereocenters. The van der Waals surface area contributed by atoms with E-state index in [1.807, 2.05) is 18.2 Å². The molecule has 0 saturated carbocycles. The van der Waals surface area contributed by atoms with E-state index in [1.54, 1.807) is 13.1 Å². The van der Waals surface area contributed by atoms with Gasteiger partial charge in [-0.2, -0.15) is 0 Å². The molecule has 2 aromatic rings. The SMILES string of the molecule is C=CCOc1ccccc1CNC(=NC)NCC(c1ccccc1)N1CCOCC1. The van der Waals surface area contributed by atoms with Crippen molar-refractivity contribution in [1.82, 2.24) is 15.5 Å². The van der Waals surface area contributed by atoms with E-state index in [2.05, 4.69) is 63.5 Å². The first-order chi connectivity index (χ1) is 14.8. The van der Waals surface area contributed by atoms with Crippen LogP contribution in [0.1, 0.15) is 17.2 Å². The van der Waals surface area contributed by atoms with Crippen molar-refractivity contribution in [2.45, 2.75) is 12.6 Å². The number of ether oxygens (including phenoxy) is 2. The second-order valence-electron chi connectivity index (χ2n) is 7.09. The molecule has 1 atom stereocenters. The number of benzene rings is 2. The zero-order valence-electron chi connectivity index (χ0n) is 17.7. The fourth-order valence-corrected chi connectivity index (χ4v) is 3.55. The topological polar surface area (TPSA) is 58.1 Å². The Labute approximate surface area is 179 Å². The molecule has 160 valence electrons. The van der Waals surface area contributed by atoms with E-state index in [0.29, 0.717) is 13.2 Å². The molecule has 1 heterocycles. The number of hydrogen-bond donors (Lipinski definition) is 2. The molecule has 1 saturated heterocycles. The lowest BCUT2D eigenvalue weighted by atomic mass is 10.0. The third-order valence-electron chi connectivity index (χ3n) is 5.13. The Bertz CT molecular complexity index is 804. The van der Waals surface area contributed by atoms with Crippen molar-refractivity contribution < 1.29 is 9.47 Å². The van der Waals surface area contributed by atoms with Crippen molar-refractivity contribution in [3.63, 3.8) is 0 Å². The van der Waals surface area contributed by atoms with Gasteiger partial charge < -0.3 is 20.1 Å². The lowest BCUT2D eigenvalue weighted by molar-refractivity contribution is 0.0170. The average Bonchev–Trinajstić information content (AvgIpc) is 2.81. The smallest absolute Gasteiger partial charge is 0.191 e. The summed E-state index contributed by atoms with van der Waals surface area (Å²) in [5.74, 6) is 1.62. The van der Waals surface area contributed by atoms with Gasteiger partial charge in [0, 0.05) is 38.8 Å².